The van der Waals surface area contributed by atoms with Crippen molar-refractivity contribution in [3.8, 4) is 20.9 Å². The minimum absolute atomic E-state index is 0.279. The lowest BCUT2D eigenvalue weighted by molar-refractivity contribution is 0.0329. The van der Waals surface area contributed by atoms with Crippen molar-refractivity contribution in [3.63, 3.8) is 0 Å². The number of benzene rings is 1. The highest BCUT2D eigenvalue weighted by Gasteiger charge is 2.47. The standard InChI is InChI=1S/C42H56F2O4S4Si2/c1-15-26(14)48-42(47)38-36(32-17-28-30(50-32)19-34(52-28)54(23(8)9,24(10)11)25(12)13)39(43)37(41(45)46)35(40(38)44)31-16-27-29(49-31)18-33(51-27)53(20(2)3,21(4)5)22(6)7/h16-26H,15H2,1-14H3,(H,45,46). The van der Waals surface area contributed by atoms with E-state index < -0.39 is 62.5 Å². The fourth-order valence-electron chi connectivity index (χ4n) is 9.92. The third-order valence-electron chi connectivity index (χ3n) is 12.2. The topological polar surface area (TPSA) is 63.6 Å². The van der Waals surface area contributed by atoms with Crippen LogP contribution in [0.4, 0.5) is 8.78 Å². The highest BCUT2D eigenvalue weighted by atomic mass is 32.1. The molecule has 12 heteroatoms. The average Bonchev–Trinajstić information content (AvgIpc) is 3.81. The summed E-state index contributed by atoms with van der Waals surface area (Å²) >= 11 is 5.90. The van der Waals surface area contributed by atoms with Crippen LogP contribution in [-0.2, 0) is 4.74 Å². The van der Waals surface area contributed by atoms with Crippen molar-refractivity contribution in [2.24, 2.45) is 0 Å². The lowest BCUT2D eigenvalue weighted by atomic mass is 9.94. The maximum atomic E-state index is 17.3. The van der Waals surface area contributed by atoms with Gasteiger partial charge in [-0.05, 0) is 79.9 Å². The lowest BCUT2D eigenvalue weighted by Crippen LogP contribution is -2.54. The zero-order valence-corrected chi connectivity index (χ0v) is 39.4. The van der Waals surface area contributed by atoms with Gasteiger partial charge in [-0.1, -0.05) is 90.0 Å². The summed E-state index contributed by atoms with van der Waals surface area (Å²) in [5.41, 5.74) is 0.879. The van der Waals surface area contributed by atoms with Crippen molar-refractivity contribution in [2.45, 2.75) is 143 Å². The monoisotopic (exact) mass is 846 g/mol. The number of carbonyl (C=O) groups excluding carboxylic acids is 1. The molecule has 0 aliphatic carbocycles. The van der Waals surface area contributed by atoms with Crippen molar-refractivity contribution < 1.29 is 28.2 Å². The summed E-state index contributed by atoms with van der Waals surface area (Å²) < 4.78 is 46.5. The molecule has 0 amide bonds. The number of carboxylic acids is 1. The maximum absolute atomic E-state index is 17.3. The van der Waals surface area contributed by atoms with E-state index in [0.717, 1.165) is 18.8 Å². The molecular weight excluding hydrogens is 791 g/mol. The zero-order chi connectivity index (χ0) is 40.4. The first kappa shape index (κ1) is 42.9. The van der Waals surface area contributed by atoms with E-state index in [9.17, 15) is 14.7 Å². The van der Waals surface area contributed by atoms with Crippen LogP contribution >= 0.6 is 45.3 Å². The van der Waals surface area contributed by atoms with Crippen LogP contribution in [-0.4, -0.2) is 39.3 Å². The summed E-state index contributed by atoms with van der Waals surface area (Å²) in [4.78, 5) is 27.5. The van der Waals surface area contributed by atoms with E-state index in [0.29, 0.717) is 44.5 Å². The Bertz CT molecular complexity index is 2080. The van der Waals surface area contributed by atoms with E-state index in [4.69, 9.17) is 4.74 Å². The average molecular weight is 847 g/mol. The molecule has 0 aliphatic heterocycles. The Balaban J connectivity index is 1.76. The number of carboxylic acid groups (broad SMARTS) is 1. The van der Waals surface area contributed by atoms with Gasteiger partial charge in [-0.3, -0.25) is 0 Å². The maximum Gasteiger partial charge on any atom is 0.342 e. The molecule has 0 saturated carbocycles. The molecule has 294 valence electrons. The van der Waals surface area contributed by atoms with Gasteiger partial charge < -0.3 is 9.84 Å². The van der Waals surface area contributed by atoms with Crippen LogP contribution in [0, 0.1) is 11.6 Å². The third-order valence-corrected chi connectivity index (χ3v) is 32.6. The number of esters is 1. The summed E-state index contributed by atoms with van der Waals surface area (Å²) in [5.74, 6) is -4.78. The molecule has 4 nitrogen and oxygen atoms in total. The molecule has 5 rings (SSSR count). The van der Waals surface area contributed by atoms with Crippen molar-refractivity contribution in [3.05, 3.63) is 47.0 Å². The highest BCUT2D eigenvalue weighted by molar-refractivity contribution is 7.37. The second-order valence-corrected chi connectivity index (χ2v) is 33.5. The second kappa shape index (κ2) is 16.0. The second-order valence-electron chi connectivity index (χ2n) is 16.8. The predicted octanol–water partition coefficient (Wildman–Crippen LogP) is 14.3. The van der Waals surface area contributed by atoms with Crippen LogP contribution in [0.2, 0.25) is 33.2 Å². The first-order valence-electron chi connectivity index (χ1n) is 19.2. The molecule has 0 saturated heterocycles. The fraction of sp³-hybridized carbons (Fsp3) is 0.524. The van der Waals surface area contributed by atoms with Gasteiger partial charge in [0.1, 0.15) is 38.9 Å². The molecule has 0 spiro atoms. The highest BCUT2D eigenvalue weighted by Crippen LogP contribution is 2.50. The molecule has 4 heterocycles. The molecule has 54 heavy (non-hydrogen) atoms. The Kier molecular flexibility index (Phi) is 12.7. The van der Waals surface area contributed by atoms with Crippen LogP contribution in [0.3, 0.4) is 0 Å². The van der Waals surface area contributed by atoms with Crippen molar-refractivity contribution >= 4 is 101 Å². The van der Waals surface area contributed by atoms with Crippen LogP contribution in [0.25, 0.3) is 39.7 Å². The minimum Gasteiger partial charge on any atom is -0.478 e. The normalized spacial score (nSPS) is 13.7. The van der Waals surface area contributed by atoms with Gasteiger partial charge in [0.15, 0.2) is 0 Å². The van der Waals surface area contributed by atoms with Gasteiger partial charge in [-0.15, -0.1) is 45.3 Å². The molecule has 1 aromatic carbocycles. The quantitative estimate of drug-likeness (QED) is 0.0893. The third kappa shape index (κ3) is 6.82. The molecule has 1 unspecified atom stereocenters. The molecule has 0 radical (unpaired) electrons. The summed E-state index contributed by atoms with van der Waals surface area (Å²) in [6.07, 6.45) is -0.0725. The number of carbonyl (C=O) groups is 2. The smallest absolute Gasteiger partial charge is 0.342 e. The molecule has 4 aromatic heterocycles. The van der Waals surface area contributed by atoms with E-state index in [-0.39, 0.29) is 10.4 Å². The first-order valence-corrected chi connectivity index (χ1v) is 27.0. The van der Waals surface area contributed by atoms with E-state index in [1.165, 1.54) is 31.7 Å². The number of rotatable bonds is 14. The molecule has 5 aromatic rings. The van der Waals surface area contributed by atoms with Crippen molar-refractivity contribution in [1.82, 2.24) is 0 Å². The Morgan fingerprint density at radius 1 is 0.593 bits per heavy atom. The lowest BCUT2D eigenvalue weighted by Gasteiger charge is -2.42. The number of halogens is 2. The number of hydrogen-bond donors (Lipinski definition) is 1. The number of thiophene rings is 4. The van der Waals surface area contributed by atoms with Crippen molar-refractivity contribution in [2.75, 3.05) is 0 Å². The Labute approximate surface area is 338 Å². The molecule has 0 bridgehead atoms. The van der Waals surface area contributed by atoms with E-state index >= 15 is 8.78 Å². The van der Waals surface area contributed by atoms with E-state index in [1.54, 1.807) is 41.7 Å². The van der Waals surface area contributed by atoms with Gasteiger partial charge in [0.05, 0.1) is 6.10 Å². The first-order chi connectivity index (χ1) is 25.2. The molecular formula is C42H56F2O4S4Si2. The van der Waals surface area contributed by atoms with Gasteiger partial charge in [0.25, 0.3) is 0 Å². The summed E-state index contributed by atoms with van der Waals surface area (Å²) in [6, 6.07) is 7.98. The zero-order valence-electron chi connectivity index (χ0n) is 34.1. The number of hydrogen-bond acceptors (Lipinski definition) is 7. The SMILES string of the molecule is CCC(C)OC(=O)c1c(F)c(-c2cc3sc([Si](C(C)C)(C(C)C)C(C)C)cc3s2)c(C(=O)O)c(F)c1-c1cc2sc([Si](C(C)C)(C(C)C)C(C)C)cc2s1. The fourth-order valence-corrected chi connectivity index (χ4v) is 33.0. The van der Waals surface area contributed by atoms with Gasteiger partial charge in [-0.2, -0.15) is 0 Å². The van der Waals surface area contributed by atoms with Gasteiger partial charge in [-0.25, -0.2) is 18.4 Å². The Morgan fingerprint density at radius 3 is 1.24 bits per heavy atom. The van der Waals surface area contributed by atoms with Crippen molar-refractivity contribution in [1.29, 1.82) is 0 Å². The van der Waals surface area contributed by atoms with Crippen LogP contribution in [0.15, 0.2) is 24.3 Å². The number of aromatic carboxylic acids is 1. The number of ether oxygens (including phenoxy) is 1. The van der Waals surface area contributed by atoms with Crippen LogP contribution in [0.1, 0.15) is 124 Å². The molecule has 0 aliphatic rings. The van der Waals surface area contributed by atoms with E-state index in [2.05, 4.69) is 95.2 Å². The summed E-state index contributed by atoms with van der Waals surface area (Å²) in [5, 5.41) is 10.6. The van der Waals surface area contributed by atoms with E-state index in [1.807, 2.05) is 6.92 Å². The van der Waals surface area contributed by atoms with Gasteiger partial charge in [0, 0.05) is 39.7 Å². The largest absolute Gasteiger partial charge is 0.478 e. The molecule has 1 atom stereocenters. The summed E-state index contributed by atoms with van der Waals surface area (Å²) in [7, 11) is -3.97. The Morgan fingerprint density at radius 2 is 0.926 bits per heavy atom. The van der Waals surface area contributed by atoms with Gasteiger partial charge in [0.2, 0.25) is 0 Å². The van der Waals surface area contributed by atoms with Crippen LogP contribution < -0.4 is 9.00 Å². The summed E-state index contributed by atoms with van der Waals surface area (Å²) in [6.45, 7) is 31.2. The van der Waals surface area contributed by atoms with Crippen LogP contribution in [0.5, 0.6) is 0 Å². The Hall–Kier alpha value is -2.23. The molecule has 0 fully saturated rings. The minimum atomic E-state index is -1.98. The van der Waals surface area contributed by atoms with Gasteiger partial charge >= 0.3 is 11.9 Å². The molecule has 1 N–H and O–H groups in total. The number of fused-ring (bicyclic) bond motifs is 2. The predicted molar refractivity (Wildman–Crippen MR) is 237 cm³/mol.